The number of aromatic amines is 1. The Morgan fingerprint density at radius 2 is 1.48 bits per heavy atom. The lowest BCUT2D eigenvalue weighted by atomic mass is 9.97. The van der Waals surface area contributed by atoms with Crippen molar-refractivity contribution in [1.82, 2.24) is 14.5 Å². The van der Waals surface area contributed by atoms with E-state index in [9.17, 15) is 22.4 Å². The van der Waals surface area contributed by atoms with E-state index in [1.807, 2.05) is 78.9 Å². The molecule has 316 valence electrons. The molecule has 8 rings (SSSR count). The van der Waals surface area contributed by atoms with Gasteiger partial charge in [-0.1, -0.05) is 141 Å². The molecule has 7 nitrogen and oxygen atoms in total. The van der Waals surface area contributed by atoms with Crippen LogP contribution < -0.4 is 4.74 Å². The van der Waals surface area contributed by atoms with Gasteiger partial charge in [-0.25, -0.2) is 18.6 Å². The molecule has 1 N–H and O–H groups in total. The molecule has 0 bridgehead atoms. The van der Waals surface area contributed by atoms with Crippen molar-refractivity contribution >= 4 is 44.3 Å². The highest BCUT2D eigenvalue weighted by molar-refractivity contribution is 6.23. The first-order chi connectivity index (χ1) is 30.1. The third-order valence-electron chi connectivity index (χ3n) is 11.3. The summed E-state index contributed by atoms with van der Waals surface area (Å²) in [7, 11) is 0. The average molecular weight is 839 g/mol. The number of halogens is 4. The molecule has 0 fully saturated rings. The van der Waals surface area contributed by atoms with Crippen LogP contribution in [-0.4, -0.2) is 45.2 Å². The summed E-state index contributed by atoms with van der Waals surface area (Å²) in [6, 6.07) is 42.6. The van der Waals surface area contributed by atoms with Crippen LogP contribution in [0.25, 0.3) is 66.5 Å². The molecule has 11 heteroatoms. The first kappa shape index (κ1) is 42.0. The molecule has 2 aromatic heterocycles. The van der Waals surface area contributed by atoms with Crippen molar-refractivity contribution in [1.29, 1.82) is 0 Å². The van der Waals surface area contributed by atoms with Gasteiger partial charge in [-0.3, -0.25) is 0 Å². The molecule has 0 aliphatic heterocycles. The maximum absolute atomic E-state index is 14.1. The van der Waals surface area contributed by atoms with E-state index >= 15 is 0 Å². The molecule has 8 aromatic rings. The molecule has 1 unspecified atom stereocenters. The molecule has 0 amide bonds. The van der Waals surface area contributed by atoms with Crippen LogP contribution in [0, 0.1) is 5.92 Å². The van der Waals surface area contributed by atoms with E-state index in [1.165, 1.54) is 19.1 Å². The normalized spacial score (nSPS) is 12.7. The Morgan fingerprint density at radius 1 is 0.806 bits per heavy atom. The number of alkyl halides is 4. The number of ether oxygens (including phenoxy) is 1. The van der Waals surface area contributed by atoms with Gasteiger partial charge in [0.1, 0.15) is 17.3 Å². The minimum Gasteiger partial charge on any atom is -0.486 e. The van der Waals surface area contributed by atoms with E-state index < -0.39 is 24.9 Å². The van der Waals surface area contributed by atoms with Gasteiger partial charge in [0, 0.05) is 63.0 Å². The summed E-state index contributed by atoms with van der Waals surface area (Å²) in [5, 5.41) is 8.07. The molecule has 1 atom stereocenters. The van der Waals surface area contributed by atoms with Crippen LogP contribution >= 0.6 is 0 Å². The summed E-state index contributed by atoms with van der Waals surface area (Å²) < 4.78 is 62.4. The number of carbonyl (C=O) groups is 1. The SMILES string of the molecule is CCCCC(CC)Cn1c2ccc(/C(=N\OC(C)=O)c3ccccc3OCC(F)(F)C(F)F)cc2c2cc(-c3nc(-c4ccccc4)c(-c4ccccc4)[nH]3)c3ccccc3c21. The van der Waals surface area contributed by atoms with Crippen LogP contribution in [0.5, 0.6) is 5.75 Å². The van der Waals surface area contributed by atoms with E-state index in [-0.39, 0.29) is 17.0 Å². The van der Waals surface area contributed by atoms with Crippen LogP contribution in [0.1, 0.15) is 57.6 Å². The van der Waals surface area contributed by atoms with E-state index in [0.717, 1.165) is 92.9 Å². The van der Waals surface area contributed by atoms with Crippen molar-refractivity contribution in [2.24, 2.45) is 11.1 Å². The number of hydrogen-bond donors (Lipinski definition) is 1. The van der Waals surface area contributed by atoms with Gasteiger partial charge < -0.3 is 19.1 Å². The van der Waals surface area contributed by atoms with Crippen LogP contribution in [0.2, 0.25) is 0 Å². The number of benzene rings is 6. The first-order valence-electron chi connectivity index (χ1n) is 20.9. The van der Waals surface area contributed by atoms with Crippen LogP contribution in [0.15, 0.2) is 139 Å². The van der Waals surface area contributed by atoms with Gasteiger partial charge in [-0.2, -0.15) is 8.78 Å². The molecule has 0 saturated heterocycles. The van der Waals surface area contributed by atoms with Gasteiger partial charge in [0.2, 0.25) is 0 Å². The third kappa shape index (κ3) is 8.44. The van der Waals surface area contributed by atoms with Crippen molar-refractivity contribution in [3.8, 4) is 39.7 Å². The zero-order valence-corrected chi connectivity index (χ0v) is 34.7. The second-order valence-corrected chi connectivity index (χ2v) is 15.5. The quantitative estimate of drug-likeness (QED) is 0.0455. The Kier molecular flexibility index (Phi) is 12.2. The Bertz CT molecular complexity index is 2830. The van der Waals surface area contributed by atoms with E-state index in [2.05, 4.69) is 58.9 Å². The maximum atomic E-state index is 14.1. The topological polar surface area (TPSA) is 81.5 Å². The summed E-state index contributed by atoms with van der Waals surface area (Å²) in [6.07, 6.45) is 0.340. The summed E-state index contributed by atoms with van der Waals surface area (Å²) >= 11 is 0. The maximum Gasteiger partial charge on any atom is 0.340 e. The summed E-state index contributed by atoms with van der Waals surface area (Å²) in [5.41, 5.74) is 7.33. The monoisotopic (exact) mass is 838 g/mol. The molecule has 0 radical (unpaired) electrons. The molecule has 2 heterocycles. The van der Waals surface area contributed by atoms with E-state index in [0.29, 0.717) is 17.3 Å². The van der Waals surface area contributed by atoms with Gasteiger partial charge in [0.15, 0.2) is 6.61 Å². The lowest BCUT2D eigenvalue weighted by Crippen LogP contribution is -2.34. The third-order valence-corrected chi connectivity index (χ3v) is 11.3. The number of nitrogens with one attached hydrogen (secondary N) is 1. The minimum atomic E-state index is -4.40. The summed E-state index contributed by atoms with van der Waals surface area (Å²) in [6.45, 7) is 4.82. The van der Waals surface area contributed by atoms with Crippen LogP contribution in [-0.2, 0) is 16.2 Å². The molecule has 0 aliphatic carbocycles. The number of oxime groups is 1. The first-order valence-corrected chi connectivity index (χ1v) is 20.9. The molecular formula is C51H46F4N4O3. The number of rotatable bonds is 16. The molecular weight excluding hydrogens is 793 g/mol. The molecule has 0 saturated carbocycles. The standard InChI is InChI=1S/C51H46F4N4O3/c1-4-6-17-33(5-2)30-59-43-27-26-36(45(58-62-32(3)60)39-24-15-16-25-44(39)61-31-51(54,55)50(52)53)28-40(43)41-29-42(37-22-13-14-23-38(37)48(41)59)49-56-46(34-18-9-7-10-19-34)47(57-49)35-20-11-8-12-21-35/h7-16,18-29,33,50H,4-6,17,30-31H2,1-3H3,(H,56,57)/b58-45+. The van der Waals surface area contributed by atoms with Crippen molar-refractivity contribution in [2.45, 2.75) is 65.3 Å². The van der Waals surface area contributed by atoms with Gasteiger partial charge in [-0.15, -0.1) is 0 Å². The Morgan fingerprint density at radius 3 is 2.18 bits per heavy atom. The van der Waals surface area contributed by atoms with Gasteiger partial charge in [0.05, 0.1) is 16.9 Å². The largest absolute Gasteiger partial charge is 0.486 e. The lowest BCUT2D eigenvalue weighted by Gasteiger charge is -2.19. The number of nitrogens with zero attached hydrogens (tertiary/aromatic N) is 3. The fourth-order valence-electron chi connectivity index (χ4n) is 8.18. The fourth-order valence-corrected chi connectivity index (χ4v) is 8.18. The number of fused-ring (bicyclic) bond motifs is 5. The molecule has 0 spiro atoms. The highest BCUT2D eigenvalue weighted by Crippen LogP contribution is 2.42. The molecule has 62 heavy (non-hydrogen) atoms. The minimum absolute atomic E-state index is 0.0976. The smallest absolute Gasteiger partial charge is 0.340 e. The van der Waals surface area contributed by atoms with Crippen LogP contribution in [0.3, 0.4) is 0 Å². The van der Waals surface area contributed by atoms with Gasteiger partial charge in [-0.05, 0) is 48.1 Å². The van der Waals surface area contributed by atoms with Crippen molar-refractivity contribution in [3.63, 3.8) is 0 Å². The van der Waals surface area contributed by atoms with Gasteiger partial charge in [0.25, 0.3) is 0 Å². The number of aromatic nitrogens is 3. The second kappa shape index (κ2) is 18.1. The highest BCUT2D eigenvalue weighted by atomic mass is 19.3. The van der Waals surface area contributed by atoms with Crippen molar-refractivity contribution < 1.29 is 31.9 Å². The Balaban J connectivity index is 1.38. The van der Waals surface area contributed by atoms with Crippen LogP contribution in [0.4, 0.5) is 17.6 Å². The predicted molar refractivity (Wildman–Crippen MR) is 239 cm³/mol. The number of carbonyl (C=O) groups excluding carboxylic acids is 1. The number of para-hydroxylation sites is 1. The zero-order chi connectivity index (χ0) is 43.4. The average Bonchev–Trinajstić information content (AvgIpc) is 3.87. The number of hydrogen-bond acceptors (Lipinski definition) is 5. The molecule has 0 aliphatic rings. The second-order valence-electron chi connectivity index (χ2n) is 15.5. The molecule has 6 aromatic carbocycles. The predicted octanol–water partition coefficient (Wildman–Crippen LogP) is 13.5. The Hall–Kier alpha value is -6.75. The highest BCUT2D eigenvalue weighted by Gasteiger charge is 2.42. The zero-order valence-electron chi connectivity index (χ0n) is 34.7. The fraction of sp³-hybridized carbons (Fsp3) is 0.235. The number of H-pyrrole nitrogens is 1. The van der Waals surface area contributed by atoms with Crippen molar-refractivity contribution in [2.75, 3.05) is 6.61 Å². The van der Waals surface area contributed by atoms with E-state index in [4.69, 9.17) is 14.6 Å². The van der Waals surface area contributed by atoms with E-state index in [1.54, 1.807) is 12.1 Å². The Labute approximate surface area is 357 Å². The number of unbranched alkanes of at least 4 members (excludes halogenated alkanes) is 1. The lowest BCUT2D eigenvalue weighted by molar-refractivity contribution is -0.148. The van der Waals surface area contributed by atoms with Crippen molar-refractivity contribution in [3.05, 3.63) is 145 Å². The number of imidazole rings is 1. The summed E-state index contributed by atoms with van der Waals surface area (Å²) in [5.74, 6) is -4.14. The summed E-state index contributed by atoms with van der Waals surface area (Å²) in [4.78, 5) is 26.4. The van der Waals surface area contributed by atoms with Gasteiger partial charge >= 0.3 is 18.3 Å².